The molecule has 0 fully saturated rings. The molecule has 5 rings (SSSR count). The molecule has 160 valence electrons. The van der Waals surface area contributed by atoms with Crippen LogP contribution in [-0.2, 0) is 0 Å². The molecular weight excluding hydrogens is 408 g/mol. The molecule has 5 aromatic rings. The number of aryl methyl sites for hydroxylation is 1. The van der Waals surface area contributed by atoms with Crippen molar-refractivity contribution >= 4 is 11.4 Å². The molecule has 0 aliphatic rings. The Hall–Kier alpha value is -4.51. The van der Waals surface area contributed by atoms with Gasteiger partial charge in [0.05, 0.1) is 28.3 Å². The van der Waals surface area contributed by atoms with E-state index in [1.807, 2.05) is 91.9 Å². The predicted molar refractivity (Wildman–Crippen MR) is 132 cm³/mol. The van der Waals surface area contributed by atoms with Gasteiger partial charge in [-0.2, -0.15) is 10.2 Å². The molecule has 5 heteroatoms. The first-order valence-corrected chi connectivity index (χ1v) is 10.7. The van der Waals surface area contributed by atoms with Crippen LogP contribution in [0.3, 0.4) is 0 Å². The van der Waals surface area contributed by atoms with Crippen molar-refractivity contribution in [3.63, 3.8) is 0 Å². The largest absolute Gasteiger partial charge is 0.507 e. The van der Waals surface area contributed by atoms with Crippen molar-refractivity contribution in [1.29, 1.82) is 0 Å². The highest BCUT2D eigenvalue weighted by molar-refractivity contribution is 5.82. The fourth-order valence-corrected chi connectivity index (χ4v) is 3.62. The zero-order chi connectivity index (χ0) is 22.6. The number of hydrogen-bond donors (Lipinski definition) is 2. The van der Waals surface area contributed by atoms with Crippen LogP contribution in [-0.4, -0.2) is 15.1 Å². The van der Waals surface area contributed by atoms with E-state index < -0.39 is 0 Å². The number of aromatic amines is 1. The van der Waals surface area contributed by atoms with Crippen LogP contribution in [0.5, 0.6) is 5.75 Å². The second-order valence-corrected chi connectivity index (χ2v) is 7.78. The average Bonchev–Trinajstić information content (AvgIpc) is 3.31. The third-order valence-electron chi connectivity index (χ3n) is 5.36. The summed E-state index contributed by atoms with van der Waals surface area (Å²) in [6.07, 6.45) is 0. The summed E-state index contributed by atoms with van der Waals surface area (Å²) in [7, 11) is 0. The number of nitrogens with zero attached hydrogens (tertiary/aromatic N) is 3. The number of nitrogens with one attached hydrogen (secondary N) is 1. The number of imidazole rings is 1. The van der Waals surface area contributed by atoms with E-state index in [2.05, 4.69) is 15.2 Å². The van der Waals surface area contributed by atoms with Crippen LogP contribution in [0.25, 0.3) is 33.9 Å². The molecule has 5 nitrogen and oxygen atoms in total. The number of phenols is 1. The molecule has 4 aromatic carbocycles. The van der Waals surface area contributed by atoms with Crippen molar-refractivity contribution in [3.05, 3.63) is 109 Å². The van der Waals surface area contributed by atoms with Gasteiger partial charge in [0, 0.05) is 11.1 Å². The van der Waals surface area contributed by atoms with Crippen LogP contribution in [0.2, 0.25) is 0 Å². The molecule has 1 aromatic heterocycles. The Morgan fingerprint density at radius 2 is 1.30 bits per heavy atom. The van der Waals surface area contributed by atoms with E-state index >= 15 is 0 Å². The molecule has 0 atom stereocenters. The van der Waals surface area contributed by atoms with Crippen molar-refractivity contribution in [2.45, 2.75) is 6.92 Å². The van der Waals surface area contributed by atoms with Gasteiger partial charge in [-0.15, -0.1) is 0 Å². The molecule has 0 bridgehead atoms. The quantitative estimate of drug-likeness (QED) is 0.279. The van der Waals surface area contributed by atoms with Crippen molar-refractivity contribution in [2.75, 3.05) is 0 Å². The molecule has 0 amide bonds. The summed E-state index contributed by atoms with van der Waals surface area (Å²) in [5.74, 6) is 0.690. The maximum Gasteiger partial charge on any atom is 0.142 e. The van der Waals surface area contributed by atoms with Crippen molar-refractivity contribution in [1.82, 2.24) is 9.97 Å². The molecule has 0 saturated carbocycles. The Labute approximate surface area is 192 Å². The van der Waals surface area contributed by atoms with E-state index in [4.69, 9.17) is 4.98 Å². The second-order valence-electron chi connectivity index (χ2n) is 7.78. The fourth-order valence-electron chi connectivity index (χ4n) is 3.62. The van der Waals surface area contributed by atoms with Crippen LogP contribution in [0.15, 0.2) is 113 Å². The first-order chi connectivity index (χ1) is 16.2. The molecule has 0 aliphatic heterocycles. The van der Waals surface area contributed by atoms with Crippen LogP contribution in [0, 0.1) is 6.92 Å². The number of benzene rings is 4. The summed E-state index contributed by atoms with van der Waals surface area (Å²) in [6.45, 7) is 2.03. The van der Waals surface area contributed by atoms with E-state index in [-0.39, 0.29) is 5.75 Å². The lowest BCUT2D eigenvalue weighted by Gasteiger charge is -2.03. The fraction of sp³-hybridized carbons (Fsp3) is 0.0357. The highest BCUT2D eigenvalue weighted by Gasteiger charge is 2.17. The molecule has 33 heavy (non-hydrogen) atoms. The smallest absolute Gasteiger partial charge is 0.142 e. The number of phenolic OH excluding ortho intramolecular Hbond substituents is 1. The summed E-state index contributed by atoms with van der Waals surface area (Å²) in [5.41, 5.74) is 6.86. The molecule has 0 saturated heterocycles. The topological polar surface area (TPSA) is 73.6 Å². The monoisotopic (exact) mass is 430 g/mol. The first kappa shape index (κ1) is 20.4. The van der Waals surface area contributed by atoms with Gasteiger partial charge in [0.15, 0.2) is 0 Å². The predicted octanol–water partition coefficient (Wildman–Crippen LogP) is 7.84. The molecule has 0 spiro atoms. The summed E-state index contributed by atoms with van der Waals surface area (Å²) >= 11 is 0. The number of rotatable bonds is 5. The van der Waals surface area contributed by atoms with Crippen molar-refractivity contribution in [2.24, 2.45) is 10.2 Å². The lowest BCUT2D eigenvalue weighted by Crippen LogP contribution is -1.82. The van der Waals surface area contributed by atoms with Crippen molar-refractivity contribution in [3.8, 4) is 39.7 Å². The molecule has 1 heterocycles. The van der Waals surface area contributed by atoms with Crippen LogP contribution in [0.4, 0.5) is 11.4 Å². The Morgan fingerprint density at radius 3 is 2.00 bits per heavy atom. The summed E-state index contributed by atoms with van der Waals surface area (Å²) < 4.78 is 0. The first-order valence-electron chi connectivity index (χ1n) is 10.7. The van der Waals surface area contributed by atoms with E-state index in [1.54, 1.807) is 18.2 Å². The van der Waals surface area contributed by atoms with Gasteiger partial charge in [-0.05, 0) is 37.3 Å². The number of aromatic nitrogens is 2. The Morgan fingerprint density at radius 1 is 0.697 bits per heavy atom. The minimum Gasteiger partial charge on any atom is -0.507 e. The van der Waals surface area contributed by atoms with E-state index in [9.17, 15) is 5.11 Å². The molecular formula is C28H22N4O. The minimum absolute atomic E-state index is 0.122. The third kappa shape index (κ3) is 4.43. The van der Waals surface area contributed by atoms with Gasteiger partial charge in [0.2, 0.25) is 0 Å². The van der Waals surface area contributed by atoms with Crippen LogP contribution in [0.1, 0.15) is 5.56 Å². The van der Waals surface area contributed by atoms with Gasteiger partial charge in [0.1, 0.15) is 11.6 Å². The van der Waals surface area contributed by atoms with E-state index in [0.717, 1.165) is 28.2 Å². The maximum atomic E-state index is 10.6. The van der Waals surface area contributed by atoms with Gasteiger partial charge in [-0.1, -0.05) is 78.4 Å². The van der Waals surface area contributed by atoms with Gasteiger partial charge < -0.3 is 10.1 Å². The van der Waals surface area contributed by atoms with Crippen LogP contribution >= 0.6 is 0 Å². The molecule has 0 radical (unpaired) electrons. The van der Waals surface area contributed by atoms with Gasteiger partial charge in [-0.3, -0.25) is 0 Å². The number of aromatic hydroxyl groups is 1. The number of azo groups is 1. The second kappa shape index (κ2) is 8.93. The number of hydrogen-bond acceptors (Lipinski definition) is 4. The van der Waals surface area contributed by atoms with Gasteiger partial charge in [0.25, 0.3) is 0 Å². The lowest BCUT2D eigenvalue weighted by atomic mass is 10.1. The lowest BCUT2D eigenvalue weighted by molar-refractivity contribution is 0.477. The molecule has 0 unspecified atom stereocenters. The van der Waals surface area contributed by atoms with Gasteiger partial charge in [-0.25, -0.2) is 4.98 Å². The summed E-state index contributed by atoms with van der Waals surface area (Å²) in [4.78, 5) is 8.29. The van der Waals surface area contributed by atoms with Crippen LogP contribution < -0.4 is 0 Å². The summed E-state index contributed by atoms with van der Waals surface area (Å²) in [6, 6.07) is 33.0. The van der Waals surface area contributed by atoms with E-state index in [0.29, 0.717) is 17.1 Å². The van der Waals surface area contributed by atoms with Gasteiger partial charge >= 0.3 is 0 Å². The zero-order valence-electron chi connectivity index (χ0n) is 18.1. The maximum absolute atomic E-state index is 10.6. The summed E-state index contributed by atoms with van der Waals surface area (Å²) in [5, 5.41) is 19.3. The highest BCUT2D eigenvalue weighted by Crippen LogP contribution is 2.37. The molecule has 2 N–H and O–H groups in total. The average molecular weight is 431 g/mol. The zero-order valence-corrected chi connectivity index (χ0v) is 18.1. The minimum atomic E-state index is 0.122. The van der Waals surface area contributed by atoms with Crippen molar-refractivity contribution < 1.29 is 5.11 Å². The third-order valence-corrected chi connectivity index (χ3v) is 5.36. The van der Waals surface area contributed by atoms with E-state index in [1.165, 1.54) is 5.56 Å². The SMILES string of the molecule is Cc1ccc(N=Nc2ccc(O)c(-c3nc(-c4ccccc4)c(-c4ccccc4)[nH]3)c2)cc1. The standard InChI is InChI=1S/C28H22N4O/c1-19-12-14-22(15-13-19)31-32-23-16-17-25(33)24(18-23)28-29-26(20-8-4-2-5-9-20)27(30-28)21-10-6-3-7-11-21/h2-18,33H,1H3,(H,29,30). The Balaban J connectivity index is 1.57. The normalized spacial score (nSPS) is 11.2. The molecule has 0 aliphatic carbocycles. The Kier molecular flexibility index (Phi) is 5.52. The Bertz CT molecular complexity index is 1350. The highest BCUT2D eigenvalue weighted by atomic mass is 16.3. The number of H-pyrrole nitrogens is 1.